The molecule has 0 atom stereocenters. The second-order valence-electron chi connectivity index (χ2n) is 5.34. The van der Waals surface area contributed by atoms with Crippen LogP contribution < -0.4 is 5.32 Å². The van der Waals surface area contributed by atoms with Gasteiger partial charge in [0.05, 0.1) is 5.52 Å². The van der Waals surface area contributed by atoms with Crippen LogP contribution in [0.2, 0.25) is 0 Å². The molecule has 0 aliphatic carbocycles. The molecule has 0 aliphatic heterocycles. The predicted molar refractivity (Wildman–Crippen MR) is 91.4 cm³/mol. The standard InChI is InChI=1S/C18H12N4O3/c23-10-13-2-4-16(25-13)11-1-3-15-14(9-11)17(22-21-15)18(24)20-12-5-7-19-8-6-12/h1-10H,(H,21,22)(H,19,20,24). The van der Waals surface area contributed by atoms with Crippen molar-refractivity contribution in [2.24, 2.45) is 0 Å². The fourth-order valence-electron chi connectivity index (χ4n) is 2.54. The van der Waals surface area contributed by atoms with Gasteiger partial charge in [-0.15, -0.1) is 0 Å². The first-order valence-electron chi connectivity index (χ1n) is 7.49. The molecule has 25 heavy (non-hydrogen) atoms. The summed E-state index contributed by atoms with van der Waals surface area (Å²) in [6.45, 7) is 0. The van der Waals surface area contributed by atoms with Crippen molar-refractivity contribution in [2.75, 3.05) is 5.32 Å². The van der Waals surface area contributed by atoms with Crippen molar-refractivity contribution in [2.45, 2.75) is 0 Å². The van der Waals surface area contributed by atoms with E-state index in [-0.39, 0.29) is 17.4 Å². The molecule has 4 rings (SSSR count). The van der Waals surface area contributed by atoms with E-state index in [1.54, 1.807) is 42.7 Å². The molecule has 0 aliphatic rings. The first-order valence-corrected chi connectivity index (χ1v) is 7.49. The molecule has 0 radical (unpaired) electrons. The summed E-state index contributed by atoms with van der Waals surface area (Å²) < 4.78 is 5.43. The smallest absolute Gasteiger partial charge is 0.276 e. The van der Waals surface area contributed by atoms with E-state index in [0.717, 1.165) is 11.1 Å². The number of anilines is 1. The van der Waals surface area contributed by atoms with Gasteiger partial charge in [-0.3, -0.25) is 19.7 Å². The van der Waals surface area contributed by atoms with Crippen molar-refractivity contribution in [1.82, 2.24) is 15.2 Å². The number of furan rings is 1. The normalized spacial score (nSPS) is 10.7. The second-order valence-corrected chi connectivity index (χ2v) is 5.34. The van der Waals surface area contributed by atoms with Gasteiger partial charge >= 0.3 is 0 Å². The third-order valence-electron chi connectivity index (χ3n) is 3.74. The van der Waals surface area contributed by atoms with Crippen LogP contribution in [0.15, 0.2) is 59.3 Å². The second kappa shape index (κ2) is 6.04. The van der Waals surface area contributed by atoms with Gasteiger partial charge in [-0.25, -0.2) is 0 Å². The molecular weight excluding hydrogens is 320 g/mol. The molecular formula is C18H12N4O3. The highest BCUT2D eigenvalue weighted by atomic mass is 16.3. The monoisotopic (exact) mass is 332 g/mol. The van der Waals surface area contributed by atoms with Gasteiger partial charge in [-0.05, 0) is 42.5 Å². The number of nitrogens with zero attached hydrogens (tertiary/aromatic N) is 2. The molecule has 7 heteroatoms. The zero-order chi connectivity index (χ0) is 17.2. The number of carbonyl (C=O) groups excluding carboxylic acids is 2. The summed E-state index contributed by atoms with van der Waals surface area (Å²) in [4.78, 5) is 27.2. The van der Waals surface area contributed by atoms with Crippen LogP contribution in [0, 0.1) is 0 Å². The van der Waals surface area contributed by atoms with Gasteiger partial charge in [0.15, 0.2) is 17.7 Å². The Morgan fingerprint density at radius 3 is 2.72 bits per heavy atom. The van der Waals surface area contributed by atoms with E-state index >= 15 is 0 Å². The van der Waals surface area contributed by atoms with Gasteiger partial charge < -0.3 is 9.73 Å². The number of aldehydes is 1. The highest BCUT2D eigenvalue weighted by Gasteiger charge is 2.16. The fourth-order valence-corrected chi connectivity index (χ4v) is 2.54. The minimum absolute atomic E-state index is 0.248. The van der Waals surface area contributed by atoms with E-state index in [1.165, 1.54) is 0 Å². The Hall–Kier alpha value is -3.74. The molecule has 0 spiro atoms. The quantitative estimate of drug-likeness (QED) is 0.559. The first kappa shape index (κ1) is 14.8. The number of aromatic amines is 1. The summed E-state index contributed by atoms with van der Waals surface area (Å²) in [5.41, 5.74) is 2.38. The zero-order valence-electron chi connectivity index (χ0n) is 12.9. The molecule has 7 nitrogen and oxygen atoms in total. The van der Waals surface area contributed by atoms with Gasteiger partial charge in [-0.2, -0.15) is 5.10 Å². The van der Waals surface area contributed by atoms with Crippen molar-refractivity contribution < 1.29 is 14.0 Å². The Morgan fingerprint density at radius 1 is 1.12 bits per heavy atom. The molecule has 0 unspecified atom stereocenters. The van der Waals surface area contributed by atoms with Crippen LogP contribution in [0.1, 0.15) is 21.0 Å². The van der Waals surface area contributed by atoms with Gasteiger partial charge in [-0.1, -0.05) is 0 Å². The van der Waals surface area contributed by atoms with Crippen molar-refractivity contribution in [1.29, 1.82) is 0 Å². The number of pyridine rings is 1. The van der Waals surface area contributed by atoms with E-state index in [0.29, 0.717) is 23.1 Å². The molecule has 0 fully saturated rings. The molecule has 1 aromatic carbocycles. The summed E-state index contributed by atoms with van der Waals surface area (Å²) in [5, 5.41) is 10.4. The Labute approximate surface area is 141 Å². The molecule has 2 N–H and O–H groups in total. The van der Waals surface area contributed by atoms with E-state index in [4.69, 9.17) is 4.42 Å². The van der Waals surface area contributed by atoms with E-state index in [9.17, 15) is 9.59 Å². The van der Waals surface area contributed by atoms with Crippen molar-refractivity contribution >= 4 is 28.8 Å². The molecule has 0 bridgehead atoms. The van der Waals surface area contributed by atoms with Crippen LogP contribution in [0.5, 0.6) is 0 Å². The van der Waals surface area contributed by atoms with E-state index in [1.807, 2.05) is 12.1 Å². The number of aromatic nitrogens is 3. The van der Waals surface area contributed by atoms with Crippen molar-refractivity contribution in [3.63, 3.8) is 0 Å². The minimum Gasteiger partial charge on any atom is -0.453 e. The third kappa shape index (κ3) is 2.78. The van der Waals surface area contributed by atoms with Crippen molar-refractivity contribution in [3.05, 3.63) is 66.3 Å². The summed E-state index contributed by atoms with van der Waals surface area (Å²) in [6.07, 6.45) is 3.84. The number of carbonyl (C=O) groups is 2. The number of amides is 1. The van der Waals surface area contributed by atoms with Crippen molar-refractivity contribution in [3.8, 4) is 11.3 Å². The number of benzene rings is 1. The molecule has 122 valence electrons. The average Bonchev–Trinajstić information content (AvgIpc) is 3.29. The molecule has 1 amide bonds. The molecule has 4 aromatic rings. The van der Waals surface area contributed by atoms with Crippen LogP contribution in [0.3, 0.4) is 0 Å². The van der Waals surface area contributed by atoms with E-state index < -0.39 is 0 Å². The van der Waals surface area contributed by atoms with Crippen LogP contribution in [0.4, 0.5) is 5.69 Å². The third-order valence-corrected chi connectivity index (χ3v) is 3.74. The first-order chi connectivity index (χ1) is 12.2. The number of rotatable bonds is 4. The SMILES string of the molecule is O=Cc1ccc(-c2ccc3[nH]nc(C(=O)Nc4ccncc4)c3c2)o1. The zero-order valence-corrected chi connectivity index (χ0v) is 12.9. The maximum Gasteiger partial charge on any atom is 0.276 e. The lowest BCUT2D eigenvalue weighted by Crippen LogP contribution is -2.12. The summed E-state index contributed by atoms with van der Waals surface area (Å²) in [7, 11) is 0. The Kier molecular flexibility index (Phi) is 3.59. The summed E-state index contributed by atoms with van der Waals surface area (Å²) in [5.74, 6) is 0.464. The maximum absolute atomic E-state index is 12.5. The predicted octanol–water partition coefficient (Wildman–Crippen LogP) is 3.28. The van der Waals surface area contributed by atoms with E-state index in [2.05, 4.69) is 20.5 Å². The van der Waals surface area contributed by atoms with Gasteiger partial charge in [0.1, 0.15) is 5.76 Å². The Morgan fingerprint density at radius 2 is 1.96 bits per heavy atom. The number of nitrogens with one attached hydrogen (secondary N) is 2. The highest BCUT2D eigenvalue weighted by molar-refractivity contribution is 6.11. The lowest BCUT2D eigenvalue weighted by Gasteiger charge is -2.03. The lowest BCUT2D eigenvalue weighted by atomic mass is 10.1. The Bertz CT molecular complexity index is 1070. The number of fused-ring (bicyclic) bond motifs is 1. The van der Waals surface area contributed by atoms with Crippen LogP contribution in [0.25, 0.3) is 22.2 Å². The topological polar surface area (TPSA) is 101 Å². The summed E-state index contributed by atoms with van der Waals surface area (Å²) in [6, 6.07) is 12.1. The van der Waals surface area contributed by atoms with Crippen LogP contribution in [-0.2, 0) is 0 Å². The molecule has 3 aromatic heterocycles. The molecule has 0 saturated heterocycles. The number of hydrogen-bond donors (Lipinski definition) is 2. The molecule has 0 saturated carbocycles. The highest BCUT2D eigenvalue weighted by Crippen LogP contribution is 2.27. The lowest BCUT2D eigenvalue weighted by molar-refractivity contribution is 0.102. The number of H-pyrrole nitrogens is 1. The molecule has 3 heterocycles. The van der Waals surface area contributed by atoms with Gasteiger partial charge in [0, 0.05) is 29.0 Å². The number of hydrogen-bond acceptors (Lipinski definition) is 5. The average molecular weight is 332 g/mol. The van der Waals surface area contributed by atoms with Gasteiger partial charge in [0.2, 0.25) is 0 Å². The van der Waals surface area contributed by atoms with Gasteiger partial charge in [0.25, 0.3) is 5.91 Å². The van der Waals surface area contributed by atoms with Crippen LogP contribution >= 0.6 is 0 Å². The summed E-state index contributed by atoms with van der Waals surface area (Å²) >= 11 is 0. The Balaban J connectivity index is 1.71. The largest absolute Gasteiger partial charge is 0.453 e. The maximum atomic E-state index is 12.5. The van der Waals surface area contributed by atoms with Crippen LogP contribution in [-0.4, -0.2) is 27.4 Å². The fraction of sp³-hybridized carbons (Fsp3) is 0. The minimum atomic E-state index is -0.331.